The minimum absolute atomic E-state index is 0. The molecule has 3 nitrogen and oxygen atoms in total. The van der Waals surface area contributed by atoms with Gasteiger partial charge in [-0.25, -0.2) is 0 Å². The second kappa shape index (κ2) is 3.04. The summed E-state index contributed by atoms with van der Waals surface area (Å²) in [7, 11) is 1.93. The number of rotatable bonds is 0. The van der Waals surface area contributed by atoms with E-state index in [1.54, 1.807) is 23.9 Å². The summed E-state index contributed by atoms with van der Waals surface area (Å²) < 4.78 is 4.88. The number of halogens is 1. The van der Waals surface area contributed by atoms with Crippen LogP contribution in [0.3, 0.4) is 0 Å². The van der Waals surface area contributed by atoms with Crippen LogP contribution in [0.4, 0.5) is 0 Å². The van der Waals surface area contributed by atoms with Crippen LogP contribution in [-0.2, 0) is 7.05 Å². The molecule has 0 saturated heterocycles. The van der Waals surface area contributed by atoms with E-state index in [2.05, 4.69) is 9.23 Å². The highest BCUT2D eigenvalue weighted by Gasteiger charge is 2.14. The van der Waals surface area contributed by atoms with Crippen molar-refractivity contribution < 1.29 is 0 Å². The van der Waals surface area contributed by atoms with Crippen LogP contribution in [0.1, 0.15) is 0 Å². The van der Waals surface area contributed by atoms with Gasteiger partial charge in [-0.3, -0.25) is 4.68 Å². The summed E-state index contributed by atoms with van der Waals surface area (Å²) in [4.78, 5) is 1.22. The fourth-order valence-corrected chi connectivity index (χ4v) is 2.44. The topological polar surface area (TPSA) is 29.9 Å². The van der Waals surface area contributed by atoms with Crippen molar-refractivity contribution in [2.24, 2.45) is 7.05 Å². The normalized spacial score (nSPS) is 14.5. The first kappa shape index (κ1) is 8.26. The second-order valence-corrected chi connectivity index (χ2v) is 3.66. The van der Waals surface area contributed by atoms with Crippen molar-refractivity contribution in [2.45, 2.75) is 9.92 Å². The lowest BCUT2D eigenvalue weighted by Crippen LogP contribution is -1.88. The van der Waals surface area contributed by atoms with Gasteiger partial charge in [0, 0.05) is 13.2 Å². The van der Waals surface area contributed by atoms with Gasteiger partial charge in [0.05, 0.1) is 4.90 Å². The van der Waals surface area contributed by atoms with Crippen LogP contribution in [0.2, 0.25) is 0 Å². The van der Waals surface area contributed by atoms with Crippen LogP contribution in [0.15, 0.2) is 16.1 Å². The third-order valence-corrected chi connectivity index (χ3v) is 2.86. The molecule has 1 aromatic rings. The molecule has 0 unspecified atom stereocenters. The molecule has 2 heterocycles. The maximum atomic E-state index is 4.19. The van der Waals surface area contributed by atoms with Crippen LogP contribution < -0.4 is 4.13 Å². The lowest BCUT2D eigenvalue weighted by molar-refractivity contribution is 0.738. The molecule has 0 fully saturated rings. The zero-order chi connectivity index (χ0) is 6.27. The van der Waals surface area contributed by atoms with Crippen LogP contribution in [-0.4, -0.2) is 9.78 Å². The maximum Gasteiger partial charge on any atom is 0.149 e. The van der Waals surface area contributed by atoms with E-state index in [0.29, 0.717) is 0 Å². The predicted octanol–water partition coefficient (Wildman–Crippen LogP) is 1.46. The Bertz CT molecular complexity index is 215. The molecule has 10 heavy (non-hydrogen) atoms. The lowest BCUT2D eigenvalue weighted by atomic mass is 10.7. The molecule has 2 rings (SSSR count). The van der Waals surface area contributed by atoms with Crippen molar-refractivity contribution in [1.29, 1.82) is 0 Å². The van der Waals surface area contributed by atoms with Gasteiger partial charge in [-0.15, -0.1) is 12.4 Å². The Morgan fingerprint density at radius 1 is 1.60 bits per heavy atom. The van der Waals surface area contributed by atoms with Crippen molar-refractivity contribution in [3.8, 4) is 0 Å². The number of aryl methyl sites for hydroxylation is 1. The summed E-state index contributed by atoms with van der Waals surface area (Å²) in [6, 6.07) is 0. The lowest BCUT2D eigenvalue weighted by Gasteiger charge is -1.86. The Balaban J connectivity index is 0.000000500. The fourth-order valence-electron chi connectivity index (χ4n) is 0.692. The molecular formula is C4H6ClN3S2. The zero-order valence-corrected chi connectivity index (χ0v) is 7.65. The number of nitrogens with zero attached hydrogens (tertiary/aromatic N) is 2. The molecule has 6 heteroatoms. The van der Waals surface area contributed by atoms with Gasteiger partial charge in [-0.2, -0.15) is 9.23 Å². The average molecular weight is 196 g/mol. The highest BCUT2D eigenvalue weighted by Crippen LogP contribution is 2.34. The summed E-state index contributed by atoms with van der Waals surface area (Å²) in [6.45, 7) is 0. The Labute approximate surface area is 73.6 Å². The Morgan fingerprint density at radius 2 is 2.40 bits per heavy atom. The van der Waals surface area contributed by atoms with E-state index in [-0.39, 0.29) is 12.4 Å². The quantitative estimate of drug-likeness (QED) is 0.635. The molecule has 1 N–H and O–H groups in total. The van der Waals surface area contributed by atoms with Crippen LogP contribution in [0.25, 0.3) is 0 Å². The number of hydrogen-bond acceptors (Lipinski definition) is 4. The highest BCUT2D eigenvalue weighted by atomic mass is 35.5. The number of nitrogens with one attached hydrogen (secondary N) is 1. The van der Waals surface area contributed by atoms with Crippen LogP contribution >= 0.6 is 36.3 Å². The van der Waals surface area contributed by atoms with Crippen molar-refractivity contribution in [3.63, 3.8) is 0 Å². The molecular weight excluding hydrogens is 190 g/mol. The smallest absolute Gasteiger partial charge is 0.149 e. The summed E-state index contributed by atoms with van der Waals surface area (Å²) >= 11 is 3.19. The Kier molecular flexibility index (Phi) is 2.51. The molecule has 1 aliphatic rings. The van der Waals surface area contributed by atoms with Gasteiger partial charge in [0.15, 0.2) is 0 Å². The van der Waals surface area contributed by atoms with E-state index in [4.69, 9.17) is 0 Å². The van der Waals surface area contributed by atoms with Crippen LogP contribution in [0.5, 0.6) is 0 Å². The summed E-state index contributed by atoms with van der Waals surface area (Å²) in [6.07, 6.45) is 2.01. The van der Waals surface area contributed by atoms with Gasteiger partial charge in [0.25, 0.3) is 0 Å². The molecule has 0 spiro atoms. The third kappa shape index (κ3) is 1.27. The summed E-state index contributed by atoms with van der Waals surface area (Å²) in [5.41, 5.74) is 0. The standard InChI is InChI=1S/C4H5N3S2.ClH/c1-7-2-3-4(5-7)9-6-8-3;/h2,6H,1H3;1H. The minimum atomic E-state index is 0. The SMILES string of the molecule is Cl.Cn1cc2c(n1)SNS2. The van der Waals surface area contributed by atoms with Gasteiger partial charge in [-0.05, 0) is 23.9 Å². The third-order valence-electron chi connectivity index (χ3n) is 1.05. The van der Waals surface area contributed by atoms with E-state index in [0.717, 1.165) is 5.03 Å². The zero-order valence-electron chi connectivity index (χ0n) is 5.20. The molecule has 0 aromatic carbocycles. The molecule has 56 valence electrons. The van der Waals surface area contributed by atoms with Gasteiger partial charge in [0.1, 0.15) is 5.03 Å². The second-order valence-electron chi connectivity index (χ2n) is 1.76. The van der Waals surface area contributed by atoms with E-state index in [9.17, 15) is 0 Å². The molecule has 0 amide bonds. The summed E-state index contributed by atoms with van der Waals surface area (Å²) in [5.74, 6) is 0. The average Bonchev–Trinajstić information content (AvgIpc) is 2.22. The number of hydrogen-bond donors (Lipinski definition) is 1. The Hall–Kier alpha value is 0.160. The Morgan fingerprint density at radius 3 is 3.10 bits per heavy atom. The number of aromatic nitrogens is 2. The van der Waals surface area contributed by atoms with E-state index < -0.39 is 0 Å². The first-order chi connectivity index (χ1) is 4.36. The van der Waals surface area contributed by atoms with E-state index >= 15 is 0 Å². The summed E-state index contributed by atoms with van der Waals surface area (Å²) in [5, 5.41) is 5.27. The largest absolute Gasteiger partial charge is 0.273 e. The molecule has 1 aromatic heterocycles. The van der Waals surface area contributed by atoms with Crippen molar-refractivity contribution in [3.05, 3.63) is 6.20 Å². The van der Waals surface area contributed by atoms with Crippen molar-refractivity contribution >= 4 is 36.3 Å². The first-order valence-electron chi connectivity index (χ1n) is 2.48. The van der Waals surface area contributed by atoms with E-state index in [1.165, 1.54) is 4.90 Å². The molecule has 0 radical (unpaired) electrons. The van der Waals surface area contributed by atoms with Gasteiger partial charge in [-0.1, -0.05) is 0 Å². The van der Waals surface area contributed by atoms with Gasteiger partial charge < -0.3 is 0 Å². The molecule has 1 aliphatic heterocycles. The predicted molar refractivity (Wildman–Crippen MR) is 45.3 cm³/mol. The first-order valence-corrected chi connectivity index (χ1v) is 4.12. The van der Waals surface area contributed by atoms with Crippen molar-refractivity contribution in [2.75, 3.05) is 0 Å². The minimum Gasteiger partial charge on any atom is -0.273 e. The fraction of sp³-hybridized carbons (Fsp3) is 0.250. The van der Waals surface area contributed by atoms with Gasteiger partial charge in [0.2, 0.25) is 0 Å². The molecule has 0 bridgehead atoms. The monoisotopic (exact) mass is 195 g/mol. The van der Waals surface area contributed by atoms with Gasteiger partial charge >= 0.3 is 0 Å². The van der Waals surface area contributed by atoms with E-state index in [1.807, 2.05) is 17.9 Å². The van der Waals surface area contributed by atoms with Crippen LogP contribution in [0, 0.1) is 0 Å². The van der Waals surface area contributed by atoms with Crippen molar-refractivity contribution in [1.82, 2.24) is 13.9 Å². The molecule has 0 aliphatic carbocycles. The highest BCUT2D eigenvalue weighted by molar-refractivity contribution is 8.15. The molecule has 0 saturated carbocycles. The number of fused-ring (bicyclic) bond motifs is 1. The maximum absolute atomic E-state index is 4.19. The molecule has 0 atom stereocenters.